The molecule has 0 saturated heterocycles. The van der Waals surface area contributed by atoms with Gasteiger partial charge in [-0.3, -0.25) is 9.59 Å². The minimum absolute atomic E-state index is 0.160. The number of hydrogen-bond acceptors (Lipinski definition) is 5. The SMILES string of the molecule is CCCn1nc(C(=O)NC(C)c2ccc(S(C)(=O)=O)cc2)ccc1=O. The number of benzene rings is 1. The van der Waals surface area contributed by atoms with Crippen LogP contribution in [-0.2, 0) is 16.4 Å². The van der Waals surface area contributed by atoms with Crippen LogP contribution < -0.4 is 10.9 Å². The molecule has 0 aliphatic carbocycles. The standard InChI is InChI=1S/C17H21N3O4S/c1-4-11-20-16(21)10-9-15(19-20)17(22)18-12(2)13-5-7-14(8-6-13)25(3,23)24/h5-10,12H,4,11H2,1-3H3,(H,18,22). The van der Waals surface area contributed by atoms with Crippen molar-refractivity contribution < 1.29 is 13.2 Å². The van der Waals surface area contributed by atoms with Gasteiger partial charge in [0, 0.05) is 18.9 Å². The highest BCUT2D eigenvalue weighted by Gasteiger charge is 2.15. The van der Waals surface area contributed by atoms with E-state index in [9.17, 15) is 18.0 Å². The molecule has 2 rings (SSSR count). The summed E-state index contributed by atoms with van der Waals surface area (Å²) in [6.07, 6.45) is 1.88. The van der Waals surface area contributed by atoms with Gasteiger partial charge < -0.3 is 5.32 Å². The van der Waals surface area contributed by atoms with E-state index in [1.165, 1.54) is 28.9 Å². The number of carbonyl (C=O) groups is 1. The molecule has 2 aromatic rings. The van der Waals surface area contributed by atoms with E-state index in [1.807, 2.05) is 6.92 Å². The molecule has 0 aliphatic rings. The van der Waals surface area contributed by atoms with E-state index in [1.54, 1.807) is 19.1 Å². The van der Waals surface area contributed by atoms with Crippen LogP contribution in [0.25, 0.3) is 0 Å². The molecule has 8 heteroatoms. The fourth-order valence-electron chi connectivity index (χ4n) is 2.30. The summed E-state index contributed by atoms with van der Waals surface area (Å²) < 4.78 is 24.2. The summed E-state index contributed by atoms with van der Waals surface area (Å²) >= 11 is 0. The lowest BCUT2D eigenvalue weighted by molar-refractivity contribution is 0.0932. The first-order valence-electron chi connectivity index (χ1n) is 7.91. The summed E-state index contributed by atoms with van der Waals surface area (Å²) in [4.78, 5) is 24.2. The van der Waals surface area contributed by atoms with Gasteiger partial charge in [-0.2, -0.15) is 5.10 Å². The lowest BCUT2D eigenvalue weighted by Gasteiger charge is -2.15. The highest BCUT2D eigenvalue weighted by molar-refractivity contribution is 7.90. The van der Waals surface area contributed by atoms with Crippen molar-refractivity contribution >= 4 is 15.7 Å². The number of carbonyl (C=O) groups excluding carboxylic acids is 1. The number of rotatable bonds is 6. The predicted octanol–water partition coefficient (Wildman–Crippen LogP) is 1.55. The summed E-state index contributed by atoms with van der Waals surface area (Å²) in [6, 6.07) is 8.71. The largest absolute Gasteiger partial charge is 0.344 e. The minimum Gasteiger partial charge on any atom is -0.344 e. The second-order valence-corrected chi connectivity index (χ2v) is 7.83. The third-order valence-electron chi connectivity index (χ3n) is 3.69. The maximum absolute atomic E-state index is 12.3. The number of nitrogens with zero attached hydrogens (tertiary/aromatic N) is 2. The first-order chi connectivity index (χ1) is 11.7. The number of aryl methyl sites for hydroxylation is 1. The van der Waals surface area contributed by atoms with Gasteiger partial charge in [-0.1, -0.05) is 19.1 Å². The maximum Gasteiger partial charge on any atom is 0.272 e. The Kier molecular flexibility index (Phi) is 5.73. The van der Waals surface area contributed by atoms with Crippen molar-refractivity contribution in [3.05, 3.63) is 58.0 Å². The van der Waals surface area contributed by atoms with Crippen LogP contribution in [0.1, 0.15) is 42.4 Å². The highest BCUT2D eigenvalue weighted by atomic mass is 32.2. The van der Waals surface area contributed by atoms with E-state index in [0.717, 1.165) is 18.2 Å². The maximum atomic E-state index is 12.3. The van der Waals surface area contributed by atoms with E-state index in [4.69, 9.17) is 0 Å². The summed E-state index contributed by atoms with van der Waals surface area (Å²) in [5.74, 6) is -0.399. The van der Waals surface area contributed by atoms with Crippen LogP contribution in [-0.4, -0.2) is 30.4 Å². The minimum atomic E-state index is -3.26. The van der Waals surface area contributed by atoms with Gasteiger partial charge in [0.1, 0.15) is 5.69 Å². The van der Waals surface area contributed by atoms with E-state index in [0.29, 0.717) is 6.54 Å². The Bertz CT molecular complexity index is 918. The average Bonchev–Trinajstić information content (AvgIpc) is 2.56. The van der Waals surface area contributed by atoms with Crippen molar-refractivity contribution in [1.29, 1.82) is 0 Å². The van der Waals surface area contributed by atoms with Gasteiger partial charge in [0.15, 0.2) is 9.84 Å². The topological polar surface area (TPSA) is 98.1 Å². The Balaban J connectivity index is 2.14. The van der Waals surface area contributed by atoms with Gasteiger partial charge in [-0.25, -0.2) is 13.1 Å². The molecular weight excluding hydrogens is 342 g/mol. The zero-order valence-corrected chi connectivity index (χ0v) is 15.2. The Hall–Kier alpha value is -2.48. The van der Waals surface area contributed by atoms with Crippen LogP contribution in [0.4, 0.5) is 0 Å². The molecule has 1 N–H and O–H groups in total. The Morgan fingerprint density at radius 2 is 1.84 bits per heavy atom. The third kappa shape index (κ3) is 4.76. The number of hydrogen-bond donors (Lipinski definition) is 1. The van der Waals surface area contributed by atoms with E-state index in [-0.39, 0.29) is 22.2 Å². The smallest absolute Gasteiger partial charge is 0.272 e. The number of nitrogens with one attached hydrogen (secondary N) is 1. The molecule has 0 spiro atoms. The number of amides is 1. The summed E-state index contributed by atoms with van der Waals surface area (Å²) in [7, 11) is -3.26. The molecule has 1 atom stereocenters. The zero-order valence-electron chi connectivity index (χ0n) is 14.4. The Morgan fingerprint density at radius 1 is 1.20 bits per heavy atom. The monoisotopic (exact) mass is 363 g/mol. The van der Waals surface area contributed by atoms with Crippen molar-refractivity contribution in [2.45, 2.75) is 37.8 Å². The molecule has 1 heterocycles. The van der Waals surface area contributed by atoms with Gasteiger partial charge in [0.2, 0.25) is 0 Å². The summed E-state index contributed by atoms with van der Waals surface area (Å²) in [6.45, 7) is 4.15. The zero-order chi connectivity index (χ0) is 18.6. The van der Waals surface area contributed by atoms with Crippen molar-refractivity contribution in [2.75, 3.05) is 6.26 Å². The van der Waals surface area contributed by atoms with Crippen molar-refractivity contribution in [1.82, 2.24) is 15.1 Å². The highest BCUT2D eigenvalue weighted by Crippen LogP contribution is 2.16. The molecule has 0 saturated carbocycles. The molecule has 0 aliphatic heterocycles. The first-order valence-corrected chi connectivity index (χ1v) is 9.80. The molecule has 134 valence electrons. The molecule has 7 nitrogen and oxygen atoms in total. The second kappa shape index (κ2) is 7.60. The molecule has 1 aromatic heterocycles. The third-order valence-corrected chi connectivity index (χ3v) is 4.82. The Morgan fingerprint density at radius 3 is 2.40 bits per heavy atom. The molecule has 0 fully saturated rings. The average molecular weight is 363 g/mol. The Labute approximate surface area is 146 Å². The molecule has 25 heavy (non-hydrogen) atoms. The second-order valence-electron chi connectivity index (χ2n) is 5.82. The molecule has 1 unspecified atom stereocenters. The van der Waals surface area contributed by atoms with E-state index < -0.39 is 15.7 Å². The van der Waals surface area contributed by atoms with Crippen LogP contribution in [0.2, 0.25) is 0 Å². The van der Waals surface area contributed by atoms with E-state index in [2.05, 4.69) is 10.4 Å². The van der Waals surface area contributed by atoms with Gasteiger partial charge in [-0.05, 0) is 37.1 Å². The van der Waals surface area contributed by atoms with Crippen LogP contribution >= 0.6 is 0 Å². The number of sulfone groups is 1. The number of aromatic nitrogens is 2. The fourth-order valence-corrected chi connectivity index (χ4v) is 2.93. The van der Waals surface area contributed by atoms with Gasteiger partial charge in [0.05, 0.1) is 10.9 Å². The lowest BCUT2D eigenvalue weighted by atomic mass is 10.1. The quantitative estimate of drug-likeness (QED) is 0.840. The van der Waals surface area contributed by atoms with Crippen LogP contribution in [0, 0.1) is 0 Å². The molecule has 1 aromatic carbocycles. The predicted molar refractivity (Wildman–Crippen MR) is 94.2 cm³/mol. The molecule has 1 amide bonds. The van der Waals surface area contributed by atoms with E-state index >= 15 is 0 Å². The fraction of sp³-hybridized carbons (Fsp3) is 0.353. The molecule has 0 radical (unpaired) electrons. The summed E-state index contributed by atoms with van der Waals surface area (Å²) in [5.41, 5.74) is 0.679. The van der Waals surface area contributed by atoms with Gasteiger partial charge >= 0.3 is 0 Å². The first kappa shape index (κ1) is 18.9. The molecule has 0 bridgehead atoms. The van der Waals surface area contributed by atoms with Crippen LogP contribution in [0.15, 0.2) is 46.1 Å². The molecular formula is C17H21N3O4S. The van der Waals surface area contributed by atoms with Crippen LogP contribution in [0.5, 0.6) is 0 Å². The van der Waals surface area contributed by atoms with Crippen molar-refractivity contribution in [3.63, 3.8) is 0 Å². The summed E-state index contributed by atoms with van der Waals surface area (Å²) in [5, 5.41) is 6.86. The lowest BCUT2D eigenvalue weighted by Crippen LogP contribution is -2.31. The van der Waals surface area contributed by atoms with Gasteiger partial charge in [-0.15, -0.1) is 0 Å². The normalized spacial score (nSPS) is 12.6. The van der Waals surface area contributed by atoms with Crippen molar-refractivity contribution in [3.8, 4) is 0 Å². The van der Waals surface area contributed by atoms with Crippen LogP contribution in [0.3, 0.4) is 0 Å². The van der Waals surface area contributed by atoms with Gasteiger partial charge in [0.25, 0.3) is 11.5 Å². The van der Waals surface area contributed by atoms with Crippen molar-refractivity contribution in [2.24, 2.45) is 0 Å².